The van der Waals surface area contributed by atoms with Gasteiger partial charge in [-0.15, -0.1) is 0 Å². The van der Waals surface area contributed by atoms with Gasteiger partial charge in [0.15, 0.2) is 0 Å². The van der Waals surface area contributed by atoms with Crippen LogP contribution in [0.4, 0.5) is 4.39 Å². The number of carbonyl (C=O) groups is 2. The minimum absolute atomic E-state index is 0.161. The fraction of sp³-hybridized carbons (Fsp3) is 0.133. The normalized spacial score (nSPS) is 11.7. The van der Waals surface area contributed by atoms with Gasteiger partial charge in [-0.05, 0) is 61.4 Å². The van der Waals surface area contributed by atoms with E-state index in [4.69, 9.17) is 0 Å². The number of aromatic amines is 1. The van der Waals surface area contributed by atoms with Crippen LogP contribution in [-0.4, -0.2) is 27.9 Å². The van der Waals surface area contributed by atoms with Gasteiger partial charge in [-0.2, -0.15) is 0 Å². The number of hydrogen-bond donors (Lipinski definition) is 3. The zero-order chi connectivity index (χ0) is 25.8. The van der Waals surface area contributed by atoms with Gasteiger partial charge in [0.2, 0.25) is 0 Å². The number of para-hydroxylation sites is 1. The molecule has 0 bridgehead atoms. The maximum absolute atomic E-state index is 13.5. The molecule has 0 saturated heterocycles. The first-order valence-corrected chi connectivity index (χ1v) is 12.2. The fourth-order valence-corrected chi connectivity index (χ4v) is 4.52. The quantitative estimate of drug-likeness (QED) is 0.252. The molecule has 186 valence electrons. The number of amides is 2. The van der Waals surface area contributed by atoms with E-state index in [2.05, 4.69) is 27.1 Å². The van der Waals surface area contributed by atoms with Gasteiger partial charge in [-0.3, -0.25) is 9.59 Å². The first-order chi connectivity index (χ1) is 18.0. The Hall–Kier alpha value is -4.65. The van der Waals surface area contributed by atoms with Crippen LogP contribution in [0.1, 0.15) is 28.4 Å². The highest BCUT2D eigenvalue weighted by Crippen LogP contribution is 2.24. The number of halogens is 1. The van der Waals surface area contributed by atoms with Crippen LogP contribution in [0.15, 0.2) is 90.9 Å². The van der Waals surface area contributed by atoms with Gasteiger partial charge in [-0.25, -0.2) is 4.39 Å². The lowest BCUT2D eigenvalue weighted by atomic mass is 10.1. The Morgan fingerprint density at radius 2 is 1.78 bits per heavy atom. The Morgan fingerprint density at radius 3 is 2.59 bits per heavy atom. The highest BCUT2D eigenvalue weighted by Gasteiger charge is 2.16. The van der Waals surface area contributed by atoms with Crippen LogP contribution in [-0.2, 0) is 17.8 Å². The molecule has 0 spiro atoms. The number of benzene rings is 3. The van der Waals surface area contributed by atoms with Crippen LogP contribution in [0.5, 0.6) is 0 Å². The third-order valence-corrected chi connectivity index (χ3v) is 6.40. The molecule has 2 heterocycles. The summed E-state index contributed by atoms with van der Waals surface area (Å²) in [6.45, 7) is 3.18. The van der Waals surface area contributed by atoms with Crippen molar-refractivity contribution in [1.29, 1.82) is 0 Å². The summed E-state index contributed by atoms with van der Waals surface area (Å²) in [5.74, 6) is -1.05. The fourth-order valence-electron chi connectivity index (χ4n) is 4.52. The number of carbonyl (C=O) groups excluding carboxylic acids is 2. The molecule has 2 amide bonds. The topological polar surface area (TPSA) is 78.9 Å². The average Bonchev–Trinajstić information content (AvgIpc) is 3.49. The molecule has 0 fully saturated rings. The maximum Gasteiger partial charge on any atom is 0.267 e. The summed E-state index contributed by atoms with van der Waals surface area (Å²) in [4.78, 5) is 29.3. The molecule has 6 nitrogen and oxygen atoms in total. The Bertz CT molecular complexity index is 1610. The van der Waals surface area contributed by atoms with Crippen LogP contribution < -0.4 is 10.6 Å². The van der Waals surface area contributed by atoms with E-state index in [-0.39, 0.29) is 23.3 Å². The number of nitrogens with one attached hydrogen (secondary N) is 3. The molecular weight excluding hydrogens is 467 g/mol. The molecule has 3 N–H and O–H groups in total. The van der Waals surface area contributed by atoms with Crippen LogP contribution in [0.25, 0.3) is 27.9 Å². The highest BCUT2D eigenvalue weighted by molar-refractivity contribution is 6.06. The molecule has 0 saturated carbocycles. The molecule has 5 aromatic rings. The number of nitrogens with zero attached hydrogens (tertiary/aromatic N) is 1. The Kier molecular flexibility index (Phi) is 6.85. The van der Waals surface area contributed by atoms with Crippen molar-refractivity contribution in [3.05, 3.63) is 113 Å². The predicted molar refractivity (Wildman–Crippen MR) is 144 cm³/mol. The summed E-state index contributed by atoms with van der Waals surface area (Å²) >= 11 is 0. The second-order valence-corrected chi connectivity index (χ2v) is 8.78. The van der Waals surface area contributed by atoms with Gasteiger partial charge in [0, 0.05) is 58.4 Å². The average molecular weight is 495 g/mol. The number of rotatable bonds is 8. The van der Waals surface area contributed by atoms with E-state index in [0.717, 1.165) is 34.0 Å². The van der Waals surface area contributed by atoms with Crippen LogP contribution in [0.3, 0.4) is 0 Å². The standard InChI is InChI=1S/C30H27FN4O2/c1-2-35-19-22(25-10-6-7-11-28(25)35)16-27(34-29(36)20-8-4-3-5-9-20)30(37)32-15-14-21-18-33-26-17-23(31)12-13-24(21)26/h3-13,16-19,33H,2,14-15H2,1H3,(H,32,37)(H,34,36)/b27-16-. The Balaban J connectivity index is 1.40. The molecule has 37 heavy (non-hydrogen) atoms. The molecule has 2 aromatic heterocycles. The Labute approximate surface area is 213 Å². The minimum Gasteiger partial charge on any atom is -0.361 e. The summed E-state index contributed by atoms with van der Waals surface area (Å²) in [7, 11) is 0. The van der Waals surface area contributed by atoms with Crippen LogP contribution in [0, 0.1) is 5.82 Å². The first-order valence-electron chi connectivity index (χ1n) is 12.2. The molecule has 0 aliphatic heterocycles. The van der Waals surface area contributed by atoms with E-state index >= 15 is 0 Å². The summed E-state index contributed by atoms with van der Waals surface area (Å²) in [5.41, 5.74) is 4.21. The number of aryl methyl sites for hydroxylation is 1. The van der Waals surface area contributed by atoms with Gasteiger partial charge in [0.05, 0.1) is 0 Å². The Morgan fingerprint density at radius 1 is 1.00 bits per heavy atom. The van der Waals surface area contributed by atoms with Gasteiger partial charge in [0.1, 0.15) is 11.5 Å². The van der Waals surface area contributed by atoms with Crippen molar-refractivity contribution in [1.82, 2.24) is 20.2 Å². The van der Waals surface area contributed by atoms with E-state index in [1.165, 1.54) is 12.1 Å². The van der Waals surface area contributed by atoms with Crippen LogP contribution in [0.2, 0.25) is 0 Å². The van der Waals surface area contributed by atoms with E-state index in [9.17, 15) is 14.0 Å². The van der Waals surface area contributed by atoms with Crippen molar-refractivity contribution in [2.45, 2.75) is 19.9 Å². The summed E-state index contributed by atoms with van der Waals surface area (Å²) in [6, 6.07) is 21.4. The second-order valence-electron chi connectivity index (χ2n) is 8.78. The maximum atomic E-state index is 13.5. The largest absolute Gasteiger partial charge is 0.361 e. The van der Waals surface area contributed by atoms with E-state index in [1.54, 1.807) is 36.4 Å². The minimum atomic E-state index is -0.386. The molecular formula is C30H27FN4O2. The van der Waals surface area contributed by atoms with Crippen molar-refractivity contribution in [3.8, 4) is 0 Å². The lowest BCUT2D eigenvalue weighted by Gasteiger charge is -2.11. The number of H-pyrrole nitrogens is 1. The van der Waals surface area contributed by atoms with E-state index in [1.807, 2.05) is 42.7 Å². The predicted octanol–water partition coefficient (Wildman–Crippen LogP) is 5.41. The van der Waals surface area contributed by atoms with E-state index in [0.29, 0.717) is 24.0 Å². The number of fused-ring (bicyclic) bond motifs is 2. The SMILES string of the molecule is CCn1cc(/C=C(\NC(=O)c2ccccc2)C(=O)NCCc2c[nH]c3cc(F)ccc23)c2ccccc21. The lowest BCUT2D eigenvalue weighted by molar-refractivity contribution is -0.117. The summed E-state index contributed by atoms with van der Waals surface area (Å²) in [6.07, 6.45) is 6.08. The molecule has 3 aromatic carbocycles. The van der Waals surface area contributed by atoms with Crippen molar-refractivity contribution < 1.29 is 14.0 Å². The summed E-state index contributed by atoms with van der Waals surface area (Å²) < 4.78 is 15.6. The molecule has 7 heteroatoms. The molecule has 0 radical (unpaired) electrons. The third-order valence-electron chi connectivity index (χ3n) is 6.40. The van der Waals surface area contributed by atoms with Crippen molar-refractivity contribution >= 4 is 39.7 Å². The molecule has 0 aliphatic rings. The van der Waals surface area contributed by atoms with Crippen molar-refractivity contribution in [2.75, 3.05) is 6.54 Å². The van der Waals surface area contributed by atoms with Gasteiger partial charge in [0.25, 0.3) is 11.8 Å². The second kappa shape index (κ2) is 10.5. The third kappa shape index (κ3) is 5.16. The number of aromatic nitrogens is 2. The number of hydrogen-bond acceptors (Lipinski definition) is 2. The van der Waals surface area contributed by atoms with Gasteiger partial charge in [-0.1, -0.05) is 36.4 Å². The van der Waals surface area contributed by atoms with E-state index < -0.39 is 0 Å². The lowest BCUT2D eigenvalue weighted by Crippen LogP contribution is -2.35. The monoisotopic (exact) mass is 494 g/mol. The zero-order valence-electron chi connectivity index (χ0n) is 20.4. The molecule has 0 aliphatic carbocycles. The summed E-state index contributed by atoms with van der Waals surface area (Å²) in [5, 5.41) is 7.64. The van der Waals surface area contributed by atoms with Gasteiger partial charge >= 0.3 is 0 Å². The first kappa shape index (κ1) is 24.1. The molecule has 0 unspecified atom stereocenters. The van der Waals surface area contributed by atoms with Crippen molar-refractivity contribution in [3.63, 3.8) is 0 Å². The molecule has 0 atom stereocenters. The highest BCUT2D eigenvalue weighted by atomic mass is 19.1. The molecule has 5 rings (SSSR count). The van der Waals surface area contributed by atoms with Crippen molar-refractivity contribution in [2.24, 2.45) is 0 Å². The van der Waals surface area contributed by atoms with Crippen LogP contribution >= 0.6 is 0 Å². The zero-order valence-corrected chi connectivity index (χ0v) is 20.4. The smallest absolute Gasteiger partial charge is 0.267 e. The van der Waals surface area contributed by atoms with Gasteiger partial charge < -0.3 is 20.2 Å².